The van der Waals surface area contributed by atoms with Crippen LogP contribution in [-0.2, 0) is 11.3 Å². The molecule has 0 saturated carbocycles. The first-order valence-electron chi connectivity index (χ1n) is 8.79. The highest BCUT2D eigenvalue weighted by Gasteiger charge is 2.38. The first kappa shape index (κ1) is 17.1. The van der Waals surface area contributed by atoms with Gasteiger partial charge in [-0.3, -0.25) is 9.69 Å². The summed E-state index contributed by atoms with van der Waals surface area (Å²) in [6, 6.07) is 14.7. The zero-order valence-corrected chi connectivity index (χ0v) is 14.6. The van der Waals surface area contributed by atoms with Crippen LogP contribution in [0.5, 0.6) is 0 Å². The fourth-order valence-electron chi connectivity index (χ4n) is 3.69. The van der Waals surface area contributed by atoms with Gasteiger partial charge in [0.2, 0.25) is 0 Å². The first-order chi connectivity index (χ1) is 13.1. The molecule has 2 heterocycles. The minimum Gasteiger partial charge on any atom is -0.389 e. The number of carbonyl (C=O) groups excluding carboxylic acids is 2. The molecule has 1 fully saturated rings. The number of para-hydroxylation sites is 2. The van der Waals surface area contributed by atoms with Gasteiger partial charge >= 0.3 is 6.03 Å². The number of urea groups is 1. The largest absolute Gasteiger partial charge is 0.389 e. The quantitative estimate of drug-likeness (QED) is 0.540. The highest BCUT2D eigenvalue weighted by Crippen LogP contribution is 2.29. The molecular weight excluding hydrogens is 342 g/mol. The van der Waals surface area contributed by atoms with E-state index >= 15 is 0 Å². The van der Waals surface area contributed by atoms with Crippen LogP contribution in [-0.4, -0.2) is 45.2 Å². The van der Waals surface area contributed by atoms with Gasteiger partial charge in [0.15, 0.2) is 0 Å². The van der Waals surface area contributed by atoms with Gasteiger partial charge in [0.1, 0.15) is 6.04 Å². The lowest BCUT2D eigenvalue weighted by Gasteiger charge is -2.19. The molecule has 6 nitrogen and oxygen atoms in total. The van der Waals surface area contributed by atoms with E-state index < -0.39 is 18.2 Å². The normalized spacial score (nSPS) is 18.1. The number of aliphatic hydroxyl groups is 1. The van der Waals surface area contributed by atoms with E-state index in [9.17, 15) is 14.7 Å². The van der Waals surface area contributed by atoms with Gasteiger partial charge in [-0.1, -0.05) is 36.4 Å². The van der Waals surface area contributed by atoms with Crippen molar-refractivity contribution in [2.45, 2.75) is 25.1 Å². The zero-order chi connectivity index (χ0) is 19.0. The van der Waals surface area contributed by atoms with Crippen molar-refractivity contribution in [1.82, 2.24) is 14.8 Å². The number of rotatable bonds is 5. The number of hydrogen-bond donors (Lipinski definition) is 2. The Morgan fingerprint density at radius 2 is 1.63 bits per heavy atom. The van der Waals surface area contributed by atoms with Crippen LogP contribution in [0.25, 0.3) is 21.8 Å². The summed E-state index contributed by atoms with van der Waals surface area (Å²) in [7, 11) is 0. The molecular formula is C21H19N3O3. The molecule has 2 N–H and O–H groups in total. The van der Waals surface area contributed by atoms with Crippen LogP contribution in [0, 0.1) is 12.3 Å². The number of hydrogen-bond acceptors (Lipinski definition) is 3. The van der Waals surface area contributed by atoms with Crippen molar-refractivity contribution in [2.75, 3.05) is 6.54 Å². The Morgan fingerprint density at radius 3 is 2.22 bits per heavy atom. The number of imide groups is 1. The average Bonchev–Trinajstić information content (AvgIpc) is 3.12. The molecule has 1 aliphatic heterocycles. The minimum atomic E-state index is -0.900. The fraction of sp³-hybridized carbons (Fsp3) is 0.238. The number of terminal acetylenes is 1. The van der Waals surface area contributed by atoms with Crippen LogP contribution < -0.4 is 5.32 Å². The topological polar surface area (TPSA) is 74.6 Å². The molecule has 2 aromatic carbocycles. The Bertz CT molecular complexity index is 1030. The molecule has 4 rings (SSSR count). The van der Waals surface area contributed by atoms with Crippen LogP contribution in [0.4, 0.5) is 4.79 Å². The summed E-state index contributed by atoms with van der Waals surface area (Å²) in [6.07, 6.45) is 4.48. The van der Waals surface area contributed by atoms with Crippen LogP contribution in [0.1, 0.15) is 6.42 Å². The minimum absolute atomic E-state index is 0.0768. The van der Waals surface area contributed by atoms with Crippen LogP contribution >= 0.6 is 0 Å². The summed E-state index contributed by atoms with van der Waals surface area (Å²) in [5.74, 6) is 1.99. The van der Waals surface area contributed by atoms with E-state index in [0.29, 0.717) is 0 Å². The van der Waals surface area contributed by atoms with Gasteiger partial charge < -0.3 is 15.0 Å². The molecule has 1 aromatic heterocycles. The van der Waals surface area contributed by atoms with E-state index in [0.717, 1.165) is 26.7 Å². The van der Waals surface area contributed by atoms with Gasteiger partial charge in [-0.25, -0.2) is 4.79 Å². The highest BCUT2D eigenvalue weighted by molar-refractivity contribution is 6.08. The maximum absolute atomic E-state index is 12.3. The number of amides is 3. The Balaban J connectivity index is 1.60. The molecule has 2 unspecified atom stereocenters. The second kappa shape index (κ2) is 6.78. The lowest BCUT2D eigenvalue weighted by atomic mass is 10.2. The second-order valence-electron chi connectivity index (χ2n) is 6.66. The average molecular weight is 361 g/mol. The van der Waals surface area contributed by atoms with E-state index in [1.165, 1.54) is 0 Å². The lowest BCUT2D eigenvalue weighted by molar-refractivity contribution is -0.128. The van der Waals surface area contributed by atoms with Crippen molar-refractivity contribution in [3.8, 4) is 12.3 Å². The molecule has 0 bridgehead atoms. The van der Waals surface area contributed by atoms with E-state index in [1.807, 2.05) is 53.1 Å². The van der Waals surface area contributed by atoms with Crippen molar-refractivity contribution >= 4 is 33.7 Å². The number of nitrogens with zero attached hydrogens (tertiary/aromatic N) is 2. The summed E-state index contributed by atoms with van der Waals surface area (Å²) in [4.78, 5) is 25.4. The molecule has 6 heteroatoms. The van der Waals surface area contributed by atoms with Gasteiger partial charge in [-0.2, -0.15) is 0 Å². The summed E-state index contributed by atoms with van der Waals surface area (Å²) in [5.41, 5.74) is 2.00. The summed E-state index contributed by atoms with van der Waals surface area (Å²) in [6.45, 7) is 0.192. The summed E-state index contributed by atoms with van der Waals surface area (Å²) < 4.78 is 2.02. The second-order valence-corrected chi connectivity index (χ2v) is 6.66. The predicted molar refractivity (Wildman–Crippen MR) is 103 cm³/mol. The van der Waals surface area contributed by atoms with E-state index in [1.54, 1.807) is 0 Å². The molecule has 2 atom stereocenters. The Morgan fingerprint density at radius 1 is 1.04 bits per heavy atom. The maximum atomic E-state index is 12.3. The summed E-state index contributed by atoms with van der Waals surface area (Å²) in [5, 5.41) is 15.4. The van der Waals surface area contributed by atoms with Crippen molar-refractivity contribution in [3.63, 3.8) is 0 Å². The van der Waals surface area contributed by atoms with Crippen molar-refractivity contribution in [2.24, 2.45) is 0 Å². The smallest absolute Gasteiger partial charge is 0.324 e. The first-order valence-corrected chi connectivity index (χ1v) is 8.79. The fourth-order valence-corrected chi connectivity index (χ4v) is 3.69. The molecule has 3 amide bonds. The van der Waals surface area contributed by atoms with Crippen LogP contribution in [0.2, 0.25) is 0 Å². The van der Waals surface area contributed by atoms with Crippen LogP contribution in [0.15, 0.2) is 48.5 Å². The maximum Gasteiger partial charge on any atom is 0.324 e. The molecule has 0 spiro atoms. The van der Waals surface area contributed by atoms with Gasteiger partial charge in [-0.05, 0) is 12.1 Å². The third-order valence-electron chi connectivity index (χ3n) is 4.90. The molecule has 136 valence electrons. The number of nitrogens with one attached hydrogen (secondary N) is 1. The number of benzene rings is 2. The van der Waals surface area contributed by atoms with E-state index in [-0.39, 0.29) is 25.4 Å². The molecule has 27 heavy (non-hydrogen) atoms. The Kier molecular flexibility index (Phi) is 4.30. The van der Waals surface area contributed by atoms with Crippen molar-refractivity contribution in [3.05, 3.63) is 48.5 Å². The lowest BCUT2D eigenvalue weighted by Crippen LogP contribution is -2.39. The van der Waals surface area contributed by atoms with Crippen molar-refractivity contribution in [1.29, 1.82) is 0 Å². The standard InChI is InChI=1S/C21H19N3O3/c1-2-7-17-20(26)24(21(27)22-17)13-14(25)12-23-18-10-5-3-8-15(18)16-9-4-6-11-19(16)23/h1,3-6,8-11,14,17,25H,7,12-13H2,(H,22,27). The van der Waals surface area contributed by atoms with Gasteiger partial charge in [0, 0.05) is 28.2 Å². The van der Waals surface area contributed by atoms with Gasteiger partial charge in [0.25, 0.3) is 5.91 Å². The Hall–Kier alpha value is -3.30. The zero-order valence-electron chi connectivity index (χ0n) is 14.6. The molecule has 3 aromatic rings. The predicted octanol–water partition coefficient (Wildman–Crippen LogP) is 2.10. The highest BCUT2D eigenvalue weighted by atomic mass is 16.3. The van der Waals surface area contributed by atoms with Crippen LogP contribution in [0.3, 0.4) is 0 Å². The number of aliphatic hydroxyl groups excluding tert-OH is 1. The number of aromatic nitrogens is 1. The van der Waals surface area contributed by atoms with Crippen molar-refractivity contribution < 1.29 is 14.7 Å². The Labute approximate surface area is 156 Å². The third-order valence-corrected chi connectivity index (χ3v) is 4.90. The van der Waals surface area contributed by atoms with E-state index in [2.05, 4.69) is 11.2 Å². The number of carbonyl (C=O) groups is 2. The monoisotopic (exact) mass is 361 g/mol. The number of fused-ring (bicyclic) bond motifs is 3. The van der Waals surface area contributed by atoms with Gasteiger partial charge in [0.05, 0.1) is 19.2 Å². The molecule has 0 aliphatic carbocycles. The molecule has 1 aliphatic rings. The SMILES string of the molecule is C#CCC1NC(=O)N(CC(O)Cn2c3ccccc3c3ccccc32)C1=O. The molecule has 0 radical (unpaired) electrons. The van der Waals surface area contributed by atoms with Gasteiger partial charge in [-0.15, -0.1) is 12.3 Å². The third kappa shape index (κ3) is 2.92. The molecule has 1 saturated heterocycles. The van der Waals surface area contributed by atoms with E-state index in [4.69, 9.17) is 6.42 Å². The number of β-amino-alcohol motifs (C(OH)–C–C–N with tert-alkyl or cyclic N) is 1. The summed E-state index contributed by atoms with van der Waals surface area (Å²) >= 11 is 0.